The molecule has 10 nitrogen and oxygen atoms in total. The van der Waals surface area contributed by atoms with Crippen molar-refractivity contribution in [1.29, 1.82) is 0 Å². The number of nitrogens with one attached hydrogen (secondary N) is 1. The minimum absolute atomic E-state index is 0.111. The highest BCUT2D eigenvalue weighted by atomic mass is 32.2. The summed E-state index contributed by atoms with van der Waals surface area (Å²) in [6.45, 7) is 3.23. The van der Waals surface area contributed by atoms with Gasteiger partial charge in [0.2, 0.25) is 10.0 Å². The number of hydrogen-bond acceptors (Lipinski definition) is 7. The number of ether oxygens (including phenoxy) is 1. The fourth-order valence-electron chi connectivity index (χ4n) is 2.92. The van der Waals surface area contributed by atoms with Crippen LogP contribution in [0.25, 0.3) is 0 Å². The highest BCUT2D eigenvalue weighted by molar-refractivity contribution is 7.89. The van der Waals surface area contributed by atoms with Crippen molar-refractivity contribution in [2.45, 2.75) is 18.4 Å². The van der Waals surface area contributed by atoms with Crippen molar-refractivity contribution in [3.8, 4) is 0 Å². The third-order valence-electron chi connectivity index (χ3n) is 4.35. The number of morpholine rings is 1. The Balaban J connectivity index is 1.95. The van der Waals surface area contributed by atoms with Crippen molar-refractivity contribution >= 4 is 21.4 Å². The molecule has 0 saturated carbocycles. The maximum atomic E-state index is 13.1. The summed E-state index contributed by atoms with van der Waals surface area (Å²) in [6.07, 6.45) is 1.84. The maximum absolute atomic E-state index is 13.1. The Morgan fingerprint density at radius 1 is 1.33 bits per heavy atom. The molecule has 0 amide bonds. The van der Waals surface area contributed by atoms with Crippen LogP contribution in [0.15, 0.2) is 29.3 Å². The van der Waals surface area contributed by atoms with Crippen molar-refractivity contribution in [3.05, 3.63) is 45.8 Å². The van der Waals surface area contributed by atoms with Gasteiger partial charge in [0.15, 0.2) is 0 Å². The first-order chi connectivity index (χ1) is 12.8. The van der Waals surface area contributed by atoms with E-state index in [4.69, 9.17) is 4.74 Å². The number of anilines is 1. The molecule has 1 aliphatic rings. The zero-order valence-corrected chi connectivity index (χ0v) is 15.9. The summed E-state index contributed by atoms with van der Waals surface area (Å²) in [5, 5.41) is 18.5. The fourth-order valence-corrected chi connectivity index (χ4v) is 4.52. The predicted octanol–water partition coefficient (Wildman–Crippen LogP) is 1.27. The lowest BCUT2D eigenvalue weighted by atomic mass is 10.2. The summed E-state index contributed by atoms with van der Waals surface area (Å²) in [4.78, 5) is 10.4. The van der Waals surface area contributed by atoms with Crippen LogP contribution in [0.3, 0.4) is 0 Å². The van der Waals surface area contributed by atoms with Crippen molar-refractivity contribution in [3.63, 3.8) is 0 Å². The molecule has 0 spiro atoms. The number of nitro benzene ring substituents is 1. The van der Waals surface area contributed by atoms with E-state index < -0.39 is 14.9 Å². The first kappa shape index (κ1) is 19.3. The van der Waals surface area contributed by atoms with Gasteiger partial charge < -0.3 is 10.1 Å². The van der Waals surface area contributed by atoms with Crippen molar-refractivity contribution < 1.29 is 18.1 Å². The van der Waals surface area contributed by atoms with E-state index in [0.29, 0.717) is 25.4 Å². The first-order valence-electron chi connectivity index (χ1n) is 8.38. The Labute approximate surface area is 156 Å². The Morgan fingerprint density at radius 3 is 2.63 bits per heavy atom. The molecule has 1 aromatic carbocycles. The van der Waals surface area contributed by atoms with Gasteiger partial charge in [-0.3, -0.25) is 14.8 Å². The van der Waals surface area contributed by atoms with E-state index in [1.54, 1.807) is 11.7 Å². The molecular formula is C16H21N5O5S. The second-order valence-electron chi connectivity index (χ2n) is 6.22. The van der Waals surface area contributed by atoms with E-state index in [-0.39, 0.29) is 23.7 Å². The summed E-state index contributed by atoms with van der Waals surface area (Å²) < 4.78 is 34.3. The van der Waals surface area contributed by atoms with E-state index in [1.165, 1.54) is 16.4 Å². The molecule has 146 valence electrons. The monoisotopic (exact) mass is 395 g/mol. The van der Waals surface area contributed by atoms with Crippen LogP contribution in [0.5, 0.6) is 0 Å². The van der Waals surface area contributed by atoms with E-state index in [2.05, 4.69) is 10.4 Å². The molecule has 27 heavy (non-hydrogen) atoms. The van der Waals surface area contributed by atoms with Crippen LogP contribution in [-0.2, 0) is 28.4 Å². The van der Waals surface area contributed by atoms with E-state index in [1.807, 2.05) is 13.1 Å². The van der Waals surface area contributed by atoms with Gasteiger partial charge in [-0.05, 0) is 13.0 Å². The van der Waals surface area contributed by atoms with Crippen LogP contribution in [0.4, 0.5) is 11.4 Å². The van der Waals surface area contributed by atoms with Crippen LogP contribution in [0.2, 0.25) is 0 Å². The van der Waals surface area contributed by atoms with Gasteiger partial charge in [-0.25, -0.2) is 8.42 Å². The average molecular weight is 395 g/mol. The molecule has 11 heteroatoms. The van der Waals surface area contributed by atoms with Crippen LogP contribution in [0.1, 0.15) is 11.3 Å². The summed E-state index contributed by atoms with van der Waals surface area (Å²) >= 11 is 0. The Morgan fingerprint density at radius 2 is 2.04 bits per heavy atom. The third kappa shape index (κ3) is 4.10. The highest BCUT2D eigenvalue weighted by Gasteiger charge is 2.30. The van der Waals surface area contributed by atoms with E-state index in [0.717, 1.165) is 17.3 Å². The van der Waals surface area contributed by atoms with Gasteiger partial charge in [0.1, 0.15) is 4.90 Å². The minimum Gasteiger partial charge on any atom is -0.380 e. The predicted molar refractivity (Wildman–Crippen MR) is 97.9 cm³/mol. The second-order valence-corrected chi connectivity index (χ2v) is 8.13. The molecule has 3 rings (SSSR count). The van der Waals surface area contributed by atoms with Crippen molar-refractivity contribution in [2.75, 3.05) is 31.6 Å². The number of nitrogens with zero attached hydrogens (tertiary/aromatic N) is 4. The summed E-state index contributed by atoms with van der Waals surface area (Å²) in [5.41, 5.74) is 1.77. The number of aryl methyl sites for hydroxylation is 2. The van der Waals surface area contributed by atoms with Gasteiger partial charge in [0.05, 0.1) is 29.5 Å². The molecule has 0 radical (unpaired) electrons. The van der Waals surface area contributed by atoms with Crippen molar-refractivity contribution in [2.24, 2.45) is 7.05 Å². The van der Waals surface area contributed by atoms with Gasteiger partial charge in [-0.2, -0.15) is 9.40 Å². The number of benzene rings is 1. The molecule has 0 unspecified atom stereocenters. The van der Waals surface area contributed by atoms with Gasteiger partial charge in [-0.1, -0.05) is 0 Å². The average Bonchev–Trinajstić information content (AvgIpc) is 2.97. The molecule has 0 aliphatic carbocycles. The van der Waals surface area contributed by atoms with E-state index >= 15 is 0 Å². The molecule has 1 aliphatic heterocycles. The molecule has 0 bridgehead atoms. The normalized spacial score (nSPS) is 15.6. The molecule has 2 aromatic rings. The Bertz CT molecular complexity index is 950. The largest absolute Gasteiger partial charge is 0.380 e. The fraction of sp³-hybridized carbons (Fsp3) is 0.438. The molecule has 2 heterocycles. The van der Waals surface area contributed by atoms with Gasteiger partial charge >= 0.3 is 0 Å². The molecule has 1 aromatic heterocycles. The lowest BCUT2D eigenvalue weighted by molar-refractivity contribution is -0.385. The van der Waals surface area contributed by atoms with Crippen LogP contribution in [0, 0.1) is 17.0 Å². The zero-order chi connectivity index (χ0) is 19.6. The number of aromatic nitrogens is 2. The standard InChI is InChI=1S/C16H21N5O5S/c1-12-13(11-19(2)18-12)10-17-15-4-3-14(21(22)23)9-16(15)27(24,25)20-5-7-26-8-6-20/h3-4,9,11,17H,5-8,10H2,1-2H3. The lowest BCUT2D eigenvalue weighted by Crippen LogP contribution is -2.40. The summed E-state index contributed by atoms with van der Waals surface area (Å²) in [6, 6.07) is 3.82. The number of non-ortho nitro benzene ring substituents is 1. The smallest absolute Gasteiger partial charge is 0.270 e. The molecule has 1 fully saturated rings. The third-order valence-corrected chi connectivity index (χ3v) is 6.29. The van der Waals surface area contributed by atoms with Gasteiger partial charge in [0.25, 0.3) is 5.69 Å². The molecular weight excluding hydrogens is 374 g/mol. The van der Waals surface area contributed by atoms with Crippen LogP contribution < -0.4 is 5.32 Å². The Hall–Kier alpha value is -2.50. The maximum Gasteiger partial charge on any atom is 0.270 e. The number of nitro groups is 1. The number of hydrogen-bond donors (Lipinski definition) is 1. The topological polar surface area (TPSA) is 120 Å². The molecule has 0 atom stereocenters. The van der Waals surface area contributed by atoms with Crippen LogP contribution >= 0.6 is 0 Å². The zero-order valence-electron chi connectivity index (χ0n) is 15.1. The van der Waals surface area contributed by atoms with Gasteiger partial charge in [0, 0.05) is 50.6 Å². The van der Waals surface area contributed by atoms with Gasteiger partial charge in [-0.15, -0.1) is 0 Å². The highest BCUT2D eigenvalue weighted by Crippen LogP contribution is 2.30. The van der Waals surface area contributed by atoms with E-state index in [9.17, 15) is 18.5 Å². The summed E-state index contributed by atoms with van der Waals surface area (Å²) in [7, 11) is -2.09. The summed E-state index contributed by atoms with van der Waals surface area (Å²) in [5.74, 6) is 0. The Kier molecular flexibility index (Phi) is 5.44. The van der Waals surface area contributed by atoms with Crippen LogP contribution in [-0.4, -0.2) is 53.7 Å². The molecule has 1 saturated heterocycles. The number of sulfonamides is 1. The lowest BCUT2D eigenvalue weighted by Gasteiger charge is -2.27. The SMILES string of the molecule is Cc1nn(C)cc1CNc1ccc([N+](=O)[O-])cc1S(=O)(=O)N1CCOCC1. The molecule has 1 N–H and O–H groups in total. The first-order valence-corrected chi connectivity index (χ1v) is 9.82. The minimum atomic E-state index is -3.89. The second kappa shape index (κ2) is 7.62. The number of rotatable bonds is 6. The van der Waals surface area contributed by atoms with Crippen molar-refractivity contribution in [1.82, 2.24) is 14.1 Å². The quantitative estimate of drug-likeness (QED) is 0.578.